The smallest absolute Gasteiger partial charge is 0.328 e. The highest BCUT2D eigenvalue weighted by Gasteiger charge is 2.07. The summed E-state index contributed by atoms with van der Waals surface area (Å²) in [6, 6.07) is 4.56. The number of methoxy groups -OCH3 is 1. The highest BCUT2D eigenvalue weighted by atomic mass is 19.1. The number of halogens is 1. The van der Waals surface area contributed by atoms with E-state index in [1.165, 1.54) is 12.1 Å². The minimum atomic E-state index is -1.12. The van der Waals surface area contributed by atoms with E-state index in [1.807, 2.05) is 4.90 Å². The molecule has 0 radical (unpaired) electrons. The van der Waals surface area contributed by atoms with Crippen LogP contribution in [0.15, 0.2) is 24.3 Å². The van der Waals surface area contributed by atoms with Crippen LogP contribution in [0.25, 0.3) is 6.08 Å². The second-order valence-electron chi connectivity index (χ2n) is 4.52. The largest absolute Gasteiger partial charge is 0.478 e. The van der Waals surface area contributed by atoms with Gasteiger partial charge in [0.15, 0.2) is 0 Å². The number of ether oxygens (including phenoxy) is 1. The molecule has 1 aromatic carbocycles. The molecular formula is C15H20FNO4. The molecule has 0 aliphatic heterocycles. The maximum Gasteiger partial charge on any atom is 0.328 e. The molecule has 0 unspecified atom stereocenters. The number of carboxylic acids is 1. The zero-order valence-corrected chi connectivity index (χ0v) is 12.0. The molecule has 0 fully saturated rings. The predicted molar refractivity (Wildman–Crippen MR) is 77.3 cm³/mol. The molecule has 0 bridgehead atoms. The Hall–Kier alpha value is -1.76. The summed E-state index contributed by atoms with van der Waals surface area (Å²) < 4.78 is 18.6. The molecule has 0 saturated heterocycles. The second-order valence-corrected chi connectivity index (χ2v) is 4.52. The van der Waals surface area contributed by atoms with Crippen LogP contribution in [0.4, 0.5) is 4.39 Å². The first kappa shape index (κ1) is 17.3. The molecule has 0 aliphatic rings. The van der Waals surface area contributed by atoms with Crippen LogP contribution in [0.5, 0.6) is 0 Å². The molecule has 0 heterocycles. The van der Waals surface area contributed by atoms with Gasteiger partial charge in [0.2, 0.25) is 0 Å². The van der Waals surface area contributed by atoms with Crippen LogP contribution in [-0.4, -0.2) is 54.5 Å². The van der Waals surface area contributed by atoms with Gasteiger partial charge in [-0.15, -0.1) is 0 Å². The van der Waals surface area contributed by atoms with Gasteiger partial charge >= 0.3 is 5.97 Å². The van der Waals surface area contributed by atoms with E-state index in [4.69, 9.17) is 14.9 Å². The molecule has 1 rings (SSSR count). The van der Waals surface area contributed by atoms with Gasteiger partial charge in [0.1, 0.15) is 5.82 Å². The van der Waals surface area contributed by atoms with Crippen molar-refractivity contribution in [2.75, 3.05) is 33.4 Å². The summed E-state index contributed by atoms with van der Waals surface area (Å²) in [5.74, 6) is -1.59. The lowest BCUT2D eigenvalue weighted by Crippen LogP contribution is -2.29. The van der Waals surface area contributed by atoms with Crippen molar-refractivity contribution in [3.8, 4) is 0 Å². The fourth-order valence-corrected chi connectivity index (χ4v) is 1.87. The van der Waals surface area contributed by atoms with Crippen molar-refractivity contribution in [2.45, 2.75) is 6.54 Å². The van der Waals surface area contributed by atoms with E-state index in [0.29, 0.717) is 26.2 Å². The number of aliphatic hydroxyl groups excluding tert-OH is 1. The summed E-state index contributed by atoms with van der Waals surface area (Å²) in [7, 11) is 1.60. The molecule has 0 aromatic heterocycles. The molecule has 116 valence electrons. The van der Waals surface area contributed by atoms with E-state index >= 15 is 0 Å². The maximum atomic E-state index is 13.6. The van der Waals surface area contributed by atoms with Gasteiger partial charge in [-0.25, -0.2) is 9.18 Å². The van der Waals surface area contributed by atoms with Gasteiger partial charge in [0.05, 0.1) is 13.2 Å². The number of benzene rings is 1. The average Bonchev–Trinajstić information content (AvgIpc) is 2.45. The average molecular weight is 297 g/mol. The number of aliphatic hydroxyl groups is 1. The highest BCUT2D eigenvalue weighted by molar-refractivity contribution is 5.85. The number of aliphatic carboxylic acids is 1. The Labute approximate surface area is 123 Å². The van der Waals surface area contributed by atoms with Crippen LogP contribution in [0.3, 0.4) is 0 Å². The summed E-state index contributed by atoms with van der Waals surface area (Å²) in [5.41, 5.74) is 1.07. The van der Waals surface area contributed by atoms with E-state index in [2.05, 4.69) is 0 Å². The van der Waals surface area contributed by atoms with Crippen molar-refractivity contribution >= 4 is 12.0 Å². The first-order valence-corrected chi connectivity index (χ1v) is 6.58. The summed E-state index contributed by atoms with van der Waals surface area (Å²) in [6.45, 7) is 2.22. The number of nitrogens with zero attached hydrogens (tertiary/aromatic N) is 1. The zero-order valence-electron chi connectivity index (χ0n) is 12.0. The number of hydrogen-bond acceptors (Lipinski definition) is 4. The fourth-order valence-electron chi connectivity index (χ4n) is 1.87. The summed E-state index contributed by atoms with van der Waals surface area (Å²) in [4.78, 5) is 12.5. The maximum absolute atomic E-state index is 13.6. The first-order chi connectivity index (χ1) is 10.1. The monoisotopic (exact) mass is 297 g/mol. The topological polar surface area (TPSA) is 70.0 Å². The third kappa shape index (κ3) is 6.48. The lowest BCUT2D eigenvalue weighted by molar-refractivity contribution is -0.131. The summed E-state index contributed by atoms with van der Waals surface area (Å²) in [6.07, 6.45) is 2.13. The number of hydrogen-bond donors (Lipinski definition) is 2. The van der Waals surface area contributed by atoms with E-state index in [1.54, 1.807) is 19.2 Å². The van der Waals surface area contributed by atoms with Gasteiger partial charge in [-0.05, 0) is 23.8 Å². The molecule has 5 nitrogen and oxygen atoms in total. The first-order valence-electron chi connectivity index (χ1n) is 6.58. The van der Waals surface area contributed by atoms with E-state index in [0.717, 1.165) is 11.6 Å². The zero-order chi connectivity index (χ0) is 15.7. The molecule has 0 spiro atoms. The van der Waals surface area contributed by atoms with Crippen molar-refractivity contribution < 1.29 is 24.1 Å². The molecule has 1 aromatic rings. The lowest BCUT2D eigenvalue weighted by atomic mass is 10.1. The van der Waals surface area contributed by atoms with Crippen molar-refractivity contribution in [3.05, 3.63) is 41.2 Å². The molecular weight excluding hydrogens is 277 g/mol. The van der Waals surface area contributed by atoms with Crippen LogP contribution < -0.4 is 0 Å². The third-order valence-electron chi connectivity index (χ3n) is 2.90. The number of carbonyl (C=O) groups is 1. The Kier molecular flexibility index (Phi) is 7.60. The van der Waals surface area contributed by atoms with Gasteiger partial charge in [0, 0.05) is 38.4 Å². The van der Waals surface area contributed by atoms with Crippen molar-refractivity contribution in [1.82, 2.24) is 4.90 Å². The Morgan fingerprint density at radius 2 is 2.19 bits per heavy atom. The molecule has 2 N–H and O–H groups in total. The minimum Gasteiger partial charge on any atom is -0.478 e. The van der Waals surface area contributed by atoms with E-state index in [9.17, 15) is 9.18 Å². The predicted octanol–water partition coefficient (Wildman–Crippen LogP) is 1.36. The third-order valence-corrected chi connectivity index (χ3v) is 2.90. The van der Waals surface area contributed by atoms with Crippen LogP contribution in [-0.2, 0) is 16.1 Å². The molecule has 0 aliphatic carbocycles. The Morgan fingerprint density at radius 3 is 2.81 bits per heavy atom. The normalized spacial score (nSPS) is 11.4. The standard InChI is InChI=1S/C15H20FNO4/c1-21-9-7-17(6-8-18)11-12-2-4-14(16)13(10-12)3-5-15(19)20/h2-5,10,18H,6-9,11H2,1H3,(H,19,20)/b5-3+. The Morgan fingerprint density at radius 1 is 1.43 bits per heavy atom. The van der Waals surface area contributed by atoms with Crippen molar-refractivity contribution in [1.29, 1.82) is 0 Å². The van der Waals surface area contributed by atoms with Gasteiger partial charge in [-0.1, -0.05) is 6.07 Å². The SMILES string of the molecule is COCCN(CCO)Cc1ccc(F)c(/C=C/C(=O)O)c1. The fraction of sp³-hybridized carbons (Fsp3) is 0.400. The highest BCUT2D eigenvalue weighted by Crippen LogP contribution is 2.14. The number of rotatable bonds is 9. The lowest BCUT2D eigenvalue weighted by Gasteiger charge is -2.21. The van der Waals surface area contributed by atoms with E-state index < -0.39 is 11.8 Å². The van der Waals surface area contributed by atoms with Crippen LogP contribution in [0.1, 0.15) is 11.1 Å². The van der Waals surface area contributed by atoms with Crippen molar-refractivity contribution in [3.63, 3.8) is 0 Å². The van der Waals surface area contributed by atoms with Crippen LogP contribution >= 0.6 is 0 Å². The van der Waals surface area contributed by atoms with Crippen LogP contribution in [0, 0.1) is 5.82 Å². The molecule has 0 saturated carbocycles. The van der Waals surface area contributed by atoms with Gasteiger partial charge in [0.25, 0.3) is 0 Å². The minimum absolute atomic E-state index is 0.0245. The Balaban J connectivity index is 2.81. The van der Waals surface area contributed by atoms with Gasteiger partial charge in [-0.2, -0.15) is 0 Å². The van der Waals surface area contributed by atoms with Crippen molar-refractivity contribution in [2.24, 2.45) is 0 Å². The quantitative estimate of drug-likeness (QED) is 0.674. The molecule has 6 heteroatoms. The van der Waals surface area contributed by atoms with Crippen LogP contribution in [0.2, 0.25) is 0 Å². The van der Waals surface area contributed by atoms with Gasteiger partial charge < -0.3 is 14.9 Å². The van der Waals surface area contributed by atoms with Gasteiger partial charge in [-0.3, -0.25) is 4.90 Å². The Bertz CT molecular complexity index is 491. The molecule has 21 heavy (non-hydrogen) atoms. The number of carboxylic acid groups (broad SMARTS) is 1. The molecule has 0 atom stereocenters. The summed E-state index contributed by atoms with van der Waals surface area (Å²) in [5, 5.41) is 17.6. The summed E-state index contributed by atoms with van der Waals surface area (Å²) >= 11 is 0. The van der Waals surface area contributed by atoms with E-state index in [-0.39, 0.29) is 12.2 Å². The second kappa shape index (κ2) is 9.23. The molecule has 0 amide bonds.